The van der Waals surface area contributed by atoms with Gasteiger partial charge in [0.1, 0.15) is 5.75 Å². The summed E-state index contributed by atoms with van der Waals surface area (Å²) in [5.74, 6) is -0.0603. The number of hydrogen-bond acceptors (Lipinski definition) is 4. The van der Waals surface area contributed by atoms with E-state index in [0.29, 0.717) is 30.2 Å². The number of halogens is 3. The van der Waals surface area contributed by atoms with Crippen molar-refractivity contribution in [2.75, 3.05) is 26.7 Å². The van der Waals surface area contributed by atoms with E-state index in [1.165, 1.54) is 17.0 Å². The molecule has 0 spiro atoms. The summed E-state index contributed by atoms with van der Waals surface area (Å²) in [6, 6.07) is 12.9. The summed E-state index contributed by atoms with van der Waals surface area (Å²) in [4.78, 5) is 30.0. The molecule has 7 nitrogen and oxygen atoms in total. The lowest BCUT2D eigenvalue weighted by atomic mass is 10.1. The smallest absolute Gasteiger partial charge is 0.422 e. The summed E-state index contributed by atoms with van der Waals surface area (Å²) in [6.07, 6.45) is -4.38. The van der Waals surface area contributed by atoms with Gasteiger partial charge in [-0.3, -0.25) is 19.5 Å². The second kappa shape index (κ2) is 9.50. The third kappa shape index (κ3) is 5.74. The van der Waals surface area contributed by atoms with E-state index in [-0.39, 0.29) is 24.1 Å². The maximum Gasteiger partial charge on any atom is 0.422 e. The van der Waals surface area contributed by atoms with Crippen molar-refractivity contribution in [3.05, 3.63) is 65.2 Å². The fourth-order valence-electron chi connectivity index (χ4n) is 3.00. The van der Waals surface area contributed by atoms with Crippen LogP contribution >= 0.6 is 0 Å². The highest BCUT2D eigenvalue weighted by Gasteiger charge is 2.34. The molecule has 0 atom stereocenters. The Kier molecular flexibility index (Phi) is 6.78. The van der Waals surface area contributed by atoms with E-state index < -0.39 is 12.8 Å². The van der Waals surface area contributed by atoms with E-state index in [1.54, 1.807) is 43.4 Å². The number of ether oxygens (including phenoxy) is 1. The molecule has 0 radical (unpaired) electrons. The topological polar surface area (TPSA) is 83.0 Å². The number of hydrogen-bond donors (Lipinski definition) is 2. The number of rotatable bonds is 7. The Balaban J connectivity index is 1.44. The molecule has 0 fully saturated rings. The molecule has 2 amide bonds. The number of nitrogens with one attached hydrogen (secondary N) is 2. The lowest BCUT2D eigenvalue weighted by Gasteiger charge is -2.16. The zero-order valence-corrected chi connectivity index (χ0v) is 16.7. The maximum atomic E-state index is 12.4. The van der Waals surface area contributed by atoms with Crippen molar-refractivity contribution in [1.82, 2.24) is 15.5 Å². The number of aliphatic imine (C=N–C) groups is 1. The van der Waals surface area contributed by atoms with Crippen LogP contribution in [0.5, 0.6) is 5.75 Å². The second-order valence-electron chi connectivity index (χ2n) is 6.71. The lowest BCUT2D eigenvalue weighted by Crippen LogP contribution is -2.42. The van der Waals surface area contributed by atoms with Gasteiger partial charge in [-0.1, -0.05) is 24.3 Å². The number of amides is 2. The van der Waals surface area contributed by atoms with Crippen LogP contribution in [0.1, 0.15) is 26.3 Å². The Morgan fingerprint density at radius 3 is 2.16 bits per heavy atom. The first-order chi connectivity index (χ1) is 14.8. The zero-order chi connectivity index (χ0) is 22.4. The highest BCUT2D eigenvalue weighted by atomic mass is 19.4. The van der Waals surface area contributed by atoms with Crippen molar-refractivity contribution in [3.8, 4) is 5.75 Å². The van der Waals surface area contributed by atoms with Crippen LogP contribution in [0, 0.1) is 0 Å². The quantitative estimate of drug-likeness (QED) is 0.398. The lowest BCUT2D eigenvalue weighted by molar-refractivity contribution is -0.153. The monoisotopic (exact) mass is 434 g/mol. The van der Waals surface area contributed by atoms with Crippen LogP contribution in [-0.2, 0) is 6.54 Å². The molecule has 1 aliphatic rings. The molecule has 2 aromatic carbocycles. The van der Waals surface area contributed by atoms with E-state index >= 15 is 0 Å². The van der Waals surface area contributed by atoms with E-state index in [0.717, 1.165) is 5.56 Å². The molecule has 3 rings (SSSR count). The van der Waals surface area contributed by atoms with E-state index in [9.17, 15) is 22.8 Å². The fourth-order valence-corrected chi connectivity index (χ4v) is 3.00. The molecule has 31 heavy (non-hydrogen) atoms. The minimum Gasteiger partial charge on any atom is -0.484 e. The molecule has 0 saturated heterocycles. The number of guanidine groups is 1. The molecule has 0 aromatic heterocycles. The van der Waals surface area contributed by atoms with Crippen LogP contribution in [0.3, 0.4) is 0 Å². The van der Waals surface area contributed by atoms with Gasteiger partial charge in [-0.25, -0.2) is 0 Å². The Morgan fingerprint density at radius 1 is 1.00 bits per heavy atom. The predicted molar refractivity (Wildman–Crippen MR) is 108 cm³/mol. The van der Waals surface area contributed by atoms with Crippen LogP contribution < -0.4 is 15.4 Å². The van der Waals surface area contributed by atoms with Gasteiger partial charge in [0.25, 0.3) is 11.8 Å². The minimum atomic E-state index is -4.38. The van der Waals surface area contributed by atoms with Crippen molar-refractivity contribution >= 4 is 17.8 Å². The molecule has 10 heteroatoms. The SMILES string of the molecule is CN=C(NCCN1C(=O)c2ccccc2C1=O)NCc1ccc(OCC(F)(F)F)cc1. The van der Waals surface area contributed by atoms with Crippen molar-refractivity contribution < 1.29 is 27.5 Å². The fraction of sp³-hybridized carbons (Fsp3) is 0.286. The van der Waals surface area contributed by atoms with Crippen LogP contribution in [0.4, 0.5) is 13.2 Å². The van der Waals surface area contributed by atoms with Gasteiger partial charge in [0.2, 0.25) is 0 Å². The third-order valence-corrected chi connectivity index (χ3v) is 4.52. The van der Waals surface area contributed by atoms with Gasteiger partial charge < -0.3 is 15.4 Å². The van der Waals surface area contributed by atoms with Gasteiger partial charge in [0.15, 0.2) is 12.6 Å². The maximum absolute atomic E-state index is 12.4. The number of alkyl halides is 3. The summed E-state index contributed by atoms with van der Waals surface area (Å²) in [5, 5.41) is 6.08. The van der Waals surface area contributed by atoms with Crippen molar-refractivity contribution in [3.63, 3.8) is 0 Å². The highest BCUT2D eigenvalue weighted by Crippen LogP contribution is 2.22. The average molecular weight is 434 g/mol. The van der Waals surface area contributed by atoms with Crippen LogP contribution in [0.15, 0.2) is 53.5 Å². The molecule has 0 aliphatic carbocycles. The van der Waals surface area contributed by atoms with E-state index in [1.807, 2.05) is 0 Å². The predicted octanol–water partition coefficient (Wildman–Crippen LogP) is 2.59. The van der Waals surface area contributed by atoms with Gasteiger partial charge in [0, 0.05) is 26.7 Å². The Bertz CT molecular complexity index is 940. The zero-order valence-electron chi connectivity index (χ0n) is 16.7. The van der Waals surface area contributed by atoms with Gasteiger partial charge in [0.05, 0.1) is 11.1 Å². The van der Waals surface area contributed by atoms with E-state index in [4.69, 9.17) is 0 Å². The first-order valence-electron chi connectivity index (χ1n) is 9.47. The Labute approximate surface area is 176 Å². The van der Waals surface area contributed by atoms with Crippen LogP contribution in [0.2, 0.25) is 0 Å². The number of carbonyl (C=O) groups excluding carboxylic acids is 2. The first-order valence-corrected chi connectivity index (χ1v) is 9.47. The number of benzene rings is 2. The van der Waals surface area contributed by atoms with Gasteiger partial charge in [-0.2, -0.15) is 13.2 Å². The summed E-state index contributed by atoms with van der Waals surface area (Å²) in [6.45, 7) is -0.492. The largest absolute Gasteiger partial charge is 0.484 e. The number of imide groups is 1. The van der Waals surface area contributed by atoms with Crippen LogP contribution in [-0.4, -0.2) is 55.6 Å². The first kappa shape index (κ1) is 22.1. The third-order valence-electron chi connectivity index (χ3n) is 4.52. The normalized spacial score (nSPS) is 13.9. The van der Waals surface area contributed by atoms with Gasteiger partial charge in [-0.15, -0.1) is 0 Å². The molecule has 0 bridgehead atoms. The molecule has 1 aliphatic heterocycles. The molecule has 164 valence electrons. The minimum absolute atomic E-state index is 0.129. The average Bonchev–Trinajstić information content (AvgIpc) is 3.00. The van der Waals surface area contributed by atoms with Gasteiger partial charge >= 0.3 is 6.18 Å². The molecule has 0 saturated carbocycles. The molecular weight excluding hydrogens is 413 g/mol. The summed E-state index contributed by atoms with van der Waals surface area (Å²) in [7, 11) is 1.57. The number of fused-ring (bicyclic) bond motifs is 1. The standard InChI is InChI=1S/C21H21F3N4O3/c1-25-20(27-12-14-6-8-15(9-7-14)31-13-21(22,23)24)26-10-11-28-18(29)16-4-2-3-5-17(16)19(28)30/h2-9H,10-13H2,1H3,(H2,25,26,27). The van der Waals surface area contributed by atoms with Crippen LogP contribution in [0.25, 0.3) is 0 Å². The Hall–Kier alpha value is -3.56. The second-order valence-corrected chi connectivity index (χ2v) is 6.71. The number of nitrogens with zero attached hydrogens (tertiary/aromatic N) is 2. The summed E-state index contributed by atoms with van der Waals surface area (Å²) in [5.41, 5.74) is 1.61. The van der Waals surface area contributed by atoms with Crippen molar-refractivity contribution in [2.24, 2.45) is 4.99 Å². The molecule has 1 heterocycles. The van der Waals surface area contributed by atoms with E-state index in [2.05, 4.69) is 20.4 Å². The number of carbonyl (C=O) groups is 2. The molecule has 0 unspecified atom stereocenters. The summed E-state index contributed by atoms with van der Waals surface area (Å²) < 4.78 is 41.2. The van der Waals surface area contributed by atoms with Gasteiger partial charge in [-0.05, 0) is 29.8 Å². The van der Waals surface area contributed by atoms with Crippen molar-refractivity contribution in [2.45, 2.75) is 12.7 Å². The Morgan fingerprint density at radius 2 is 1.61 bits per heavy atom. The summed E-state index contributed by atoms with van der Waals surface area (Å²) >= 11 is 0. The molecule has 2 aromatic rings. The highest BCUT2D eigenvalue weighted by molar-refractivity contribution is 6.21. The molecule has 2 N–H and O–H groups in total. The molecular formula is C21H21F3N4O3. The van der Waals surface area contributed by atoms with Crippen molar-refractivity contribution in [1.29, 1.82) is 0 Å².